The number of ether oxygens (including phenoxy) is 1. The third kappa shape index (κ3) is 5.58. The van der Waals surface area contributed by atoms with Gasteiger partial charge in [0.15, 0.2) is 5.17 Å². The molecular formula is C22H26N4OS2. The molecule has 2 aromatic rings. The van der Waals surface area contributed by atoms with Crippen LogP contribution in [0, 0.1) is 26.2 Å². The first-order chi connectivity index (χ1) is 13.8. The number of nitrogens with zero attached hydrogens (tertiary/aromatic N) is 2. The van der Waals surface area contributed by atoms with Crippen molar-refractivity contribution in [1.29, 1.82) is 5.41 Å². The molecule has 1 aliphatic heterocycles. The first kappa shape index (κ1) is 21.3. The van der Waals surface area contributed by atoms with Crippen LogP contribution >= 0.6 is 24.0 Å². The summed E-state index contributed by atoms with van der Waals surface area (Å²) in [6, 6.07) is 11.9. The highest BCUT2D eigenvalue weighted by atomic mass is 32.2. The third-order valence-corrected chi connectivity index (χ3v) is 6.02. The quantitative estimate of drug-likeness (QED) is 0.426. The Hall–Kier alpha value is -2.38. The zero-order valence-corrected chi connectivity index (χ0v) is 18.6. The summed E-state index contributed by atoms with van der Waals surface area (Å²) in [6.45, 7) is 7.91. The van der Waals surface area contributed by atoms with Gasteiger partial charge < -0.3 is 15.4 Å². The fourth-order valence-corrected chi connectivity index (χ4v) is 4.21. The van der Waals surface area contributed by atoms with Crippen molar-refractivity contribution in [2.24, 2.45) is 10.7 Å². The standard InChI is InChI=1S/C22H26N4OS2/c1-14-4-6-17(7-5-14)20(23)25-22(28)27-19-13-15(2)18(12-16(19)3)8-9-26-10-11-29-21(26)24/h4-7,12-13,24H,8-11H2,1-3H3,(H2,23,25,28). The first-order valence-corrected chi connectivity index (χ1v) is 10.9. The summed E-state index contributed by atoms with van der Waals surface area (Å²) in [4.78, 5) is 6.36. The van der Waals surface area contributed by atoms with Crippen LogP contribution in [0.1, 0.15) is 27.8 Å². The highest BCUT2D eigenvalue weighted by Crippen LogP contribution is 2.25. The van der Waals surface area contributed by atoms with E-state index >= 15 is 0 Å². The van der Waals surface area contributed by atoms with Gasteiger partial charge in [0, 0.05) is 24.4 Å². The van der Waals surface area contributed by atoms with E-state index in [9.17, 15) is 0 Å². The predicted octanol–water partition coefficient (Wildman–Crippen LogP) is 4.21. The Kier molecular flexibility index (Phi) is 6.92. The average Bonchev–Trinajstić information content (AvgIpc) is 3.08. The van der Waals surface area contributed by atoms with Crippen molar-refractivity contribution in [2.45, 2.75) is 27.2 Å². The normalized spacial score (nSPS) is 14.4. The van der Waals surface area contributed by atoms with Crippen LogP contribution < -0.4 is 10.5 Å². The Labute approximate surface area is 181 Å². The molecule has 0 spiro atoms. The van der Waals surface area contributed by atoms with Gasteiger partial charge in [-0.1, -0.05) is 47.7 Å². The minimum absolute atomic E-state index is 0.0980. The van der Waals surface area contributed by atoms with Crippen molar-refractivity contribution in [3.63, 3.8) is 0 Å². The predicted molar refractivity (Wildman–Crippen MR) is 127 cm³/mol. The number of thiocarbonyl (C=S) groups is 1. The molecule has 0 saturated carbocycles. The molecule has 0 radical (unpaired) electrons. The summed E-state index contributed by atoms with van der Waals surface area (Å²) in [6.07, 6.45) is 0.902. The summed E-state index contributed by atoms with van der Waals surface area (Å²) >= 11 is 6.90. The molecule has 0 aromatic heterocycles. The van der Waals surface area contributed by atoms with Gasteiger partial charge in [0.2, 0.25) is 0 Å². The second kappa shape index (κ2) is 9.41. The molecule has 0 amide bonds. The van der Waals surface area contributed by atoms with Crippen LogP contribution in [-0.2, 0) is 6.42 Å². The maximum absolute atomic E-state index is 7.94. The minimum Gasteiger partial charge on any atom is -0.430 e. The number of benzene rings is 2. The van der Waals surface area contributed by atoms with E-state index in [4.69, 9.17) is 28.1 Å². The molecule has 7 heteroatoms. The number of aryl methyl sites for hydroxylation is 3. The van der Waals surface area contributed by atoms with Gasteiger partial charge in [-0.3, -0.25) is 5.41 Å². The van der Waals surface area contributed by atoms with Crippen LogP contribution in [-0.4, -0.2) is 39.9 Å². The zero-order chi connectivity index (χ0) is 21.0. The van der Waals surface area contributed by atoms with Crippen LogP contribution in [0.2, 0.25) is 0 Å². The number of nitrogens with two attached hydrogens (primary N) is 1. The van der Waals surface area contributed by atoms with Crippen LogP contribution in [0.15, 0.2) is 41.4 Å². The van der Waals surface area contributed by atoms with Gasteiger partial charge in [0.1, 0.15) is 11.6 Å². The molecule has 1 saturated heterocycles. The summed E-state index contributed by atoms with van der Waals surface area (Å²) < 4.78 is 5.81. The Bertz CT molecular complexity index is 954. The second-order valence-corrected chi connectivity index (χ2v) is 8.60. The molecule has 3 rings (SSSR count). The van der Waals surface area contributed by atoms with Crippen LogP contribution in [0.25, 0.3) is 0 Å². The second-order valence-electron chi connectivity index (χ2n) is 7.17. The number of aliphatic imine (C=N–C) groups is 1. The number of nitrogens with one attached hydrogen (secondary N) is 1. The fraction of sp³-hybridized carbons (Fsp3) is 0.318. The highest BCUT2D eigenvalue weighted by Gasteiger charge is 2.17. The van der Waals surface area contributed by atoms with Gasteiger partial charge in [-0.15, -0.1) is 0 Å². The molecule has 1 fully saturated rings. The first-order valence-electron chi connectivity index (χ1n) is 9.53. The fourth-order valence-electron chi connectivity index (χ4n) is 3.15. The van der Waals surface area contributed by atoms with Crippen LogP contribution in [0.3, 0.4) is 0 Å². The molecule has 5 nitrogen and oxygen atoms in total. The van der Waals surface area contributed by atoms with E-state index in [1.807, 2.05) is 44.2 Å². The number of thioether (sulfide) groups is 1. The van der Waals surface area contributed by atoms with Crippen LogP contribution in [0.4, 0.5) is 0 Å². The minimum atomic E-state index is 0.0980. The SMILES string of the molecule is Cc1ccc(C(N)=NC(=S)Oc2cc(C)c(CCN3CCSC3=N)cc2C)cc1. The molecule has 152 valence electrons. The average molecular weight is 427 g/mol. The van der Waals surface area contributed by atoms with Crippen molar-refractivity contribution in [3.05, 3.63) is 64.2 Å². The van der Waals surface area contributed by atoms with E-state index in [2.05, 4.69) is 22.9 Å². The lowest BCUT2D eigenvalue weighted by Gasteiger charge is -2.18. The molecule has 0 unspecified atom stereocenters. The summed E-state index contributed by atoms with van der Waals surface area (Å²) in [5.41, 5.74) is 11.4. The number of amidine groups is 2. The summed E-state index contributed by atoms with van der Waals surface area (Å²) in [5, 5.41) is 8.71. The van der Waals surface area contributed by atoms with Crippen molar-refractivity contribution < 1.29 is 4.74 Å². The number of hydrogen-bond donors (Lipinski definition) is 2. The lowest BCUT2D eigenvalue weighted by Crippen LogP contribution is -2.26. The van der Waals surface area contributed by atoms with Gasteiger partial charge in [-0.25, -0.2) is 0 Å². The van der Waals surface area contributed by atoms with Gasteiger partial charge in [0.25, 0.3) is 5.17 Å². The smallest absolute Gasteiger partial charge is 0.290 e. The van der Waals surface area contributed by atoms with Crippen molar-refractivity contribution in [1.82, 2.24) is 4.90 Å². The van der Waals surface area contributed by atoms with Gasteiger partial charge in [-0.2, -0.15) is 4.99 Å². The van der Waals surface area contributed by atoms with Gasteiger partial charge in [0.05, 0.1) is 0 Å². The third-order valence-electron chi connectivity index (χ3n) is 4.93. The Balaban J connectivity index is 1.66. The lowest BCUT2D eigenvalue weighted by molar-refractivity contribution is 0.463. The van der Waals surface area contributed by atoms with Crippen LogP contribution in [0.5, 0.6) is 5.75 Å². The molecule has 3 N–H and O–H groups in total. The van der Waals surface area contributed by atoms with E-state index < -0.39 is 0 Å². The largest absolute Gasteiger partial charge is 0.430 e. The Morgan fingerprint density at radius 1 is 1.21 bits per heavy atom. The molecule has 0 bridgehead atoms. The Morgan fingerprint density at radius 3 is 2.59 bits per heavy atom. The lowest BCUT2D eigenvalue weighted by atomic mass is 10.0. The van der Waals surface area contributed by atoms with E-state index in [1.54, 1.807) is 11.8 Å². The van der Waals surface area contributed by atoms with Crippen molar-refractivity contribution >= 4 is 40.2 Å². The van der Waals surface area contributed by atoms with Crippen molar-refractivity contribution in [2.75, 3.05) is 18.8 Å². The molecule has 1 aliphatic rings. The van der Waals surface area contributed by atoms with Crippen molar-refractivity contribution in [3.8, 4) is 5.75 Å². The number of hydrogen-bond acceptors (Lipinski definition) is 4. The maximum atomic E-state index is 7.94. The summed E-state index contributed by atoms with van der Waals surface area (Å²) in [5.74, 6) is 2.04. The Morgan fingerprint density at radius 2 is 1.93 bits per heavy atom. The van der Waals surface area contributed by atoms with E-state index in [0.29, 0.717) is 16.8 Å². The molecule has 1 heterocycles. The molecule has 2 aromatic carbocycles. The number of rotatable bonds is 5. The topological polar surface area (TPSA) is 74.7 Å². The zero-order valence-electron chi connectivity index (χ0n) is 17.0. The maximum Gasteiger partial charge on any atom is 0.290 e. The van der Waals surface area contributed by atoms with E-state index in [1.165, 1.54) is 5.56 Å². The monoisotopic (exact) mass is 426 g/mol. The highest BCUT2D eigenvalue weighted by molar-refractivity contribution is 8.14. The van der Waals surface area contributed by atoms with E-state index in [-0.39, 0.29) is 5.17 Å². The summed E-state index contributed by atoms with van der Waals surface area (Å²) in [7, 11) is 0. The molecule has 29 heavy (non-hydrogen) atoms. The van der Waals surface area contributed by atoms with Gasteiger partial charge >= 0.3 is 0 Å². The molecular weight excluding hydrogens is 400 g/mol. The van der Waals surface area contributed by atoms with E-state index in [0.717, 1.165) is 47.5 Å². The molecule has 0 aliphatic carbocycles. The van der Waals surface area contributed by atoms with Gasteiger partial charge in [-0.05, 0) is 62.2 Å². The molecule has 0 atom stereocenters.